The minimum Gasteiger partial charge on any atom is -0.462 e. The number of aromatic nitrogens is 4. The molecule has 0 spiro atoms. The van der Waals surface area contributed by atoms with Gasteiger partial charge in [0.15, 0.2) is 0 Å². The highest BCUT2D eigenvalue weighted by molar-refractivity contribution is 7.99. The topological polar surface area (TPSA) is 69.9 Å². The number of thioether (sulfide) groups is 1. The molecule has 2 aromatic heterocycles. The molecule has 0 aliphatic rings. The monoisotopic (exact) mass is 386 g/mol. The van der Waals surface area contributed by atoms with Gasteiger partial charge in [0.05, 0.1) is 12.2 Å². The summed E-state index contributed by atoms with van der Waals surface area (Å²) in [6.07, 6.45) is 5.22. The molecule has 1 unspecified atom stereocenters. The van der Waals surface area contributed by atoms with E-state index in [2.05, 4.69) is 22.0 Å². The van der Waals surface area contributed by atoms with Gasteiger partial charge < -0.3 is 4.74 Å². The Morgan fingerprint density at radius 1 is 1.22 bits per heavy atom. The number of nitrogens with zero attached hydrogens (tertiary/aromatic N) is 4. The molecular weight excluding hydrogens is 367 g/mol. The molecule has 0 radical (unpaired) electrons. The molecule has 0 amide bonds. The zero-order chi connectivity index (χ0) is 19.2. The molecule has 2 heterocycles. The third-order valence-corrected chi connectivity index (χ3v) is 4.80. The van der Waals surface area contributed by atoms with Gasteiger partial charge in [-0.1, -0.05) is 19.1 Å². The highest BCUT2D eigenvalue weighted by atomic mass is 32.2. The molecular formula is C19H19FN4O2S. The summed E-state index contributed by atoms with van der Waals surface area (Å²) in [5.41, 5.74) is 1.60. The molecule has 140 valence electrons. The first-order chi connectivity index (χ1) is 13.0. The zero-order valence-corrected chi connectivity index (χ0v) is 15.8. The van der Waals surface area contributed by atoms with Gasteiger partial charge in [-0.25, -0.2) is 19.0 Å². The number of benzene rings is 1. The van der Waals surface area contributed by atoms with E-state index in [4.69, 9.17) is 4.74 Å². The average Bonchev–Trinajstić information content (AvgIpc) is 2.68. The Balaban J connectivity index is 1.78. The van der Waals surface area contributed by atoms with E-state index in [0.29, 0.717) is 34.7 Å². The van der Waals surface area contributed by atoms with Gasteiger partial charge in [0, 0.05) is 29.3 Å². The lowest BCUT2D eigenvalue weighted by Crippen LogP contribution is -2.22. The second-order valence-corrected chi connectivity index (χ2v) is 7.23. The highest BCUT2D eigenvalue weighted by Crippen LogP contribution is 2.16. The average molecular weight is 386 g/mol. The lowest BCUT2D eigenvalue weighted by Gasteiger charge is -2.10. The van der Waals surface area contributed by atoms with E-state index in [-0.39, 0.29) is 17.9 Å². The fraction of sp³-hybridized carbons (Fsp3) is 0.263. The zero-order valence-electron chi connectivity index (χ0n) is 15.0. The molecule has 1 aromatic carbocycles. The van der Waals surface area contributed by atoms with Crippen LogP contribution in [0, 0.1) is 5.82 Å². The summed E-state index contributed by atoms with van der Waals surface area (Å²) in [4.78, 5) is 20.5. The molecule has 3 aromatic rings. The summed E-state index contributed by atoms with van der Waals surface area (Å²) in [6.45, 7) is 2.77. The molecule has 27 heavy (non-hydrogen) atoms. The summed E-state index contributed by atoms with van der Waals surface area (Å²) in [5.74, 6) is -0.350. The summed E-state index contributed by atoms with van der Waals surface area (Å²) in [6, 6.07) is 9.42. The van der Waals surface area contributed by atoms with Crippen LogP contribution in [0.5, 0.6) is 6.01 Å². The van der Waals surface area contributed by atoms with Crippen molar-refractivity contribution in [3.05, 3.63) is 70.5 Å². The number of hydrogen-bond acceptors (Lipinski definition) is 6. The fourth-order valence-corrected chi connectivity index (χ4v) is 2.51. The molecule has 1 atom stereocenters. The number of halogens is 1. The Morgan fingerprint density at radius 3 is 2.70 bits per heavy atom. The minimum atomic E-state index is -0.350. The van der Waals surface area contributed by atoms with Crippen LogP contribution in [-0.2, 0) is 6.54 Å². The number of rotatable bonds is 7. The smallest absolute Gasteiger partial charge is 0.316 e. The molecule has 8 heteroatoms. The highest BCUT2D eigenvalue weighted by Gasteiger charge is 2.08. The minimum absolute atomic E-state index is 0.180. The van der Waals surface area contributed by atoms with Gasteiger partial charge in [-0.05, 0) is 30.0 Å². The maximum Gasteiger partial charge on any atom is 0.316 e. The van der Waals surface area contributed by atoms with Gasteiger partial charge in [-0.15, -0.1) is 0 Å². The Hall–Kier alpha value is -2.74. The SMILES string of the molecule is CSC(C)COc1ncc(-c2ccc(=O)n(Cc3cccc(F)c3)n2)cn1. The van der Waals surface area contributed by atoms with Crippen LogP contribution in [0.1, 0.15) is 12.5 Å². The summed E-state index contributed by atoms with van der Waals surface area (Å²) >= 11 is 1.70. The first kappa shape index (κ1) is 19.0. The maximum absolute atomic E-state index is 13.4. The van der Waals surface area contributed by atoms with Crippen molar-refractivity contribution in [2.24, 2.45) is 0 Å². The van der Waals surface area contributed by atoms with E-state index < -0.39 is 0 Å². The second kappa shape index (κ2) is 8.77. The van der Waals surface area contributed by atoms with Crippen molar-refractivity contribution in [2.75, 3.05) is 12.9 Å². The summed E-state index contributed by atoms with van der Waals surface area (Å²) in [5, 5.41) is 4.69. The van der Waals surface area contributed by atoms with Crippen molar-refractivity contribution in [3.8, 4) is 17.3 Å². The second-order valence-electron chi connectivity index (χ2n) is 5.96. The van der Waals surface area contributed by atoms with Crippen molar-refractivity contribution in [3.63, 3.8) is 0 Å². The van der Waals surface area contributed by atoms with E-state index in [1.54, 1.807) is 42.4 Å². The van der Waals surface area contributed by atoms with Gasteiger partial charge in [-0.3, -0.25) is 4.79 Å². The molecule has 0 aliphatic heterocycles. The Morgan fingerprint density at radius 2 is 2.00 bits per heavy atom. The van der Waals surface area contributed by atoms with E-state index in [9.17, 15) is 9.18 Å². The Bertz CT molecular complexity index is 962. The first-order valence-corrected chi connectivity index (χ1v) is 9.64. The van der Waals surface area contributed by atoms with E-state index in [1.807, 2.05) is 6.26 Å². The van der Waals surface area contributed by atoms with E-state index in [0.717, 1.165) is 0 Å². The van der Waals surface area contributed by atoms with Crippen molar-refractivity contribution < 1.29 is 9.13 Å². The normalized spacial score (nSPS) is 12.0. The molecule has 0 N–H and O–H groups in total. The van der Waals surface area contributed by atoms with Gasteiger partial charge in [-0.2, -0.15) is 16.9 Å². The molecule has 0 fully saturated rings. The molecule has 0 saturated carbocycles. The molecule has 0 aliphatic carbocycles. The summed E-state index contributed by atoms with van der Waals surface area (Å²) in [7, 11) is 0. The summed E-state index contributed by atoms with van der Waals surface area (Å²) < 4.78 is 20.2. The largest absolute Gasteiger partial charge is 0.462 e. The van der Waals surface area contributed by atoms with Crippen LogP contribution in [0.15, 0.2) is 53.6 Å². The van der Waals surface area contributed by atoms with Gasteiger partial charge in [0.25, 0.3) is 5.56 Å². The Kier molecular flexibility index (Phi) is 6.18. The fourth-order valence-electron chi connectivity index (χ4n) is 2.31. The van der Waals surface area contributed by atoms with Crippen molar-refractivity contribution in [1.82, 2.24) is 19.7 Å². The molecule has 0 bridgehead atoms. The lowest BCUT2D eigenvalue weighted by atomic mass is 10.2. The standard InChI is InChI=1S/C19H19FN4O2S/c1-13(27-2)12-26-19-21-9-15(10-22-19)17-6-7-18(25)24(23-17)11-14-4-3-5-16(20)8-14/h3-10,13H,11-12H2,1-2H3. The van der Waals surface area contributed by atoms with Crippen LogP contribution in [0.4, 0.5) is 4.39 Å². The third-order valence-electron chi connectivity index (χ3n) is 3.86. The van der Waals surface area contributed by atoms with Crippen LogP contribution in [-0.4, -0.2) is 37.9 Å². The number of ether oxygens (including phenoxy) is 1. The lowest BCUT2D eigenvalue weighted by molar-refractivity contribution is 0.296. The first-order valence-electron chi connectivity index (χ1n) is 8.36. The Labute approximate surface area is 160 Å². The molecule has 3 rings (SSSR count). The molecule has 0 saturated heterocycles. The van der Waals surface area contributed by atoms with Gasteiger partial charge >= 0.3 is 6.01 Å². The van der Waals surface area contributed by atoms with Crippen LogP contribution in [0.2, 0.25) is 0 Å². The quantitative estimate of drug-likeness (QED) is 0.622. The predicted molar refractivity (Wildman–Crippen MR) is 103 cm³/mol. The third kappa shape index (κ3) is 5.13. The van der Waals surface area contributed by atoms with Crippen molar-refractivity contribution in [2.45, 2.75) is 18.7 Å². The predicted octanol–water partition coefficient (Wildman–Crippen LogP) is 3.02. The van der Waals surface area contributed by atoms with Crippen LogP contribution < -0.4 is 10.3 Å². The van der Waals surface area contributed by atoms with Crippen LogP contribution in [0.25, 0.3) is 11.3 Å². The van der Waals surface area contributed by atoms with Gasteiger partial charge in [0.1, 0.15) is 12.4 Å². The van der Waals surface area contributed by atoms with Crippen LogP contribution in [0.3, 0.4) is 0 Å². The van der Waals surface area contributed by atoms with E-state index >= 15 is 0 Å². The maximum atomic E-state index is 13.4. The van der Waals surface area contributed by atoms with Crippen molar-refractivity contribution in [1.29, 1.82) is 0 Å². The van der Waals surface area contributed by atoms with Gasteiger partial charge in [0.2, 0.25) is 0 Å². The van der Waals surface area contributed by atoms with Crippen LogP contribution >= 0.6 is 11.8 Å². The molecule has 6 nitrogen and oxygen atoms in total. The van der Waals surface area contributed by atoms with Crippen molar-refractivity contribution >= 4 is 11.8 Å². The number of hydrogen-bond donors (Lipinski definition) is 0. The van der Waals surface area contributed by atoms with E-state index in [1.165, 1.54) is 22.9 Å².